The highest BCUT2D eigenvalue weighted by atomic mass is 16.5. The average molecular weight is 447 g/mol. The number of anilines is 1. The van der Waals surface area contributed by atoms with Crippen molar-refractivity contribution in [3.63, 3.8) is 0 Å². The minimum atomic E-state index is -0.279. The van der Waals surface area contributed by atoms with Crippen molar-refractivity contribution in [3.8, 4) is 16.9 Å². The van der Waals surface area contributed by atoms with Crippen LogP contribution in [0.2, 0.25) is 0 Å². The van der Waals surface area contributed by atoms with Gasteiger partial charge in [0, 0.05) is 23.0 Å². The van der Waals surface area contributed by atoms with E-state index in [4.69, 9.17) is 4.74 Å². The van der Waals surface area contributed by atoms with Crippen LogP contribution in [0.1, 0.15) is 26.4 Å². The molecule has 2 aromatic heterocycles. The van der Waals surface area contributed by atoms with Crippen LogP contribution >= 0.6 is 0 Å². The van der Waals surface area contributed by atoms with Gasteiger partial charge in [-0.25, -0.2) is 0 Å². The maximum absolute atomic E-state index is 13.9. The molecule has 0 radical (unpaired) electrons. The second kappa shape index (κ2) is 9.08. The second-order valence-electron chi connectivity index (χ2n) is 7.80. The van der Waals surface area contributed by atoms with E-state index in [-0.39, 0.29) is 11.7 Å². The van der Waals surface area contributed by atoms with E-state index in [0.29, 0.717) is 39.3 Å². The predicted octanol–water partition coefficient (Wildman–Crippen LogP) is 6.10. The number of pyridine rings is 1. The van der Waals surface area contributed by atoms with E-state index < -0.39 is 0 Å². The maximum atomic E-state index is 13.9. The number of methoxy groups -OCH3 is 1. The number of nitrogens with zero attached hydrogens (tertiary/aromatic N) is 1. The first kappa shape index (κ1) is 21.2. The molecule has 5 aromatic rings. The van der Waals surface area contributed by atoms with Gasteiger partial charge < -0.3 is 14.5 Å². The summed E-state index contributed by atoms with van der Waals surface area (Å²) < 4.78 is 7.13. The Labute approximate surface area is 197 Å². The third-order valence-corrected chi connectivity index (χ3v) is 5.71. The number of amides is 1. The summed E-state index contributed by atoms with van der Waals surface area (Å²) in [6, 6.07) is 31.4. The van der Waals surface area contributed by atoms with Gasteiger partial charge in [-0.3, -0.25) is 9.59 Å². The second-order valence-corrected chi connectivity index (χ2v) is 7.80. The number of ketones is 1. The molecule has 3 aromatic carbocycles. The van der Waals surface area contributed by atoms with Crippen LogP contribution < -0.4 is 10.1 Å². The van der Waals surface area contributed by atoms with E-state index in [0.717, 1.165) is 5.56 Å². The monoisotopic (exact) mass is 446 g/mol. The molecule has 0 atom stereocenters. The number of ether oxygens (including phenoxy) is 1. The zero-order valence-corrected chi connectivity index (χ0v) is 18.6. The molecule has 0 aliphatic heterocycles. The fraction of sp³-hybridized carbons (Fsp3) is 0.0345. The van der Waals surface area contributed by atoms with Crippen LogP contribution in [0.25, 0.3) is 16.6 Å². The van der Waals surface area contributed by atoms with E-state index in [1.54, 1.807) is 35.8 Å². The number of aromatic nitrogens is 1. The third-order valence-electron chi connectivity index (χ3n) is 5.71. The Hall–Kier alpha value is -4.64. The normalized spacial score (nSPS) is 10.7. The first-order valence-corrected chi connectivity index (χ1v) is 10.9. The van der Waals surface area contributed by atoms with Gasteiger partial charge in [-0.15, -0.1) is 0 Å². The molecule has 0 bridgehead atoms. The first-order chi connectivity index (χ1) is 16.7. The minimum absolute atomic E-state index is 0.197. The van der Waals surface area contributed by atoms with Crippen LogP contribution in [-0.2, 0) is 0 Å². The van der Waals surface area contributed by atoms with Gasteiger partial charge >= 0.3 is 0 Å². The number of benzene rings is 3. The van der Waals surface area contributed by atoms with Crippen molar-refractivity contribution in [1.82, 2.24) is 4.40 Å². The Kier molecular flexibility index (Phi) is 5.67. The Bertz CT molecular complexity index is 1490. The summed E-state index contributed by atoms with van der Waals surface area (Å²) in [7, 11) is 1.57. The third kappa shape index (κ3) is 3.84. The molecule has 0 aliphatic rings. The molecule has 1 N–H and O–H groups in total. The lowest BCUT2D eigenvalue weighted by Gasteiger charge is -2.10. The zero-order valence-electron chi connectivity index (χ0n) is 18.6. The van der Waals surface area contributed by atoms with E-state index >= 15 is 0 Å². The van der Waals surface area contributed by atoms with Gasteiger partial charge in [0.2, 0.25) is 5.78 Å². The van der Waals surface area contributed by atoms with Crippen molar-refractivity contribution in [3.05, 3.63) is 126 Å². The van der Waals surface area contributed by atoms with Gasteiger partial charge in [0.25, 0.3) is 5.91 Å². The smallest absolute Gasteiger partial charge is 0.258 e. The minimum Gasteiger partial charge on any atom is -0.497 e. The molecule has 0 fully saturated rings. The summed E-state index contributed by atoms with van der Waals surface area (Å²) in [6.07, 6.45) is 1.81. The van der Waals surface area contributed by atoms with Gasteiger partial charge in [-0.1, -0.05) is 66.7 Å². The van der Waals surface area contributed by atoms with Crippen molar-refractivity contribution in [1.29, 1.82) is 0 Å². The standard InChI is InChI=1S/C29H22N2O3/c1-34-23-16-10-13-21(19-23)28(32)27-25(20-11-4-2-5-12-20)26(24-17-8-9-18-31(24)27)29(33)30-22-14-6-3-7-15-22/h2-19H,1H3,(H,30,33). The molecule has 2 heterocycles. The summed E-state index contributed by atoms with van der Waals surface area (Å²) in [5.74, 6) is 0.117. The fourth-order valence-corrected chi connectivity index (χ4v) is 4.16. The number of fused-ring (bicyclic) bond motifs is 1. The number of para-hydroxylation sites is 1. The number of hydrogen-bond donors (Lipinski definition) is 1. The van der Waals surface area contributed by atoms with Gasteiger partial charge in [0.15, 0.2) is 0 Å². The molecule has 0 saturated carbocycles. The predicted molar refractivity (Wildman–Crippen MR) is 134 cm³/mol. The SMILES string of the molecule is COc1cccc(C(=O)c2c(-c3ccccc3)c(C(=O)Nc3ccccc3)c3ccccn23)c1. The number of nitrogens with one attached hydrogen (secondary N) is 1. The largest absolute Gasteiger partial charge is 0.497 e. The van der Waals surface area contributed by atoms with E-state index in [2.05, 4.69) is 5.32 Å². The van der Waals surface area contributed by atoms with Crippen LogP contribution in [0.15, 0.2) is 109 Å². The topological polar surface area (TPSA) is 59.8 Å². The van der Waals surface area contributed by atoms with E-state index in [9.17, 15) is 9.59 Å². The molecule has 34 heavy (non-hydrogen) atoms. The Balaban J connectivity index is 1.77. The molecule has 0 aliphatic carbocycles. The van der Waals surface area contributed by atoms with Crippen molar-refractivity contribution >= 4 is 22.9 Å². The van der Waals surface area contributed by atoms with Gasteiger partial charge in [-0.2, -0.15) is 0 Å². The van der Waals surface area contributed by atoms with Crippen LogP contribution in [0, 0.1) is 0 Å². The van der Waals surface area contributed by atoms with Crippen molar-refractivity contribution in [2.24, 2.45) is 0 Å². The van der Waals surface area contributed by atoms with Crippen molar-refractivity contribution < 1.29 is 14.3 Å². The fourth-order valence-electron chi connectivity index (χ4n) is 4.16. The Morgan fingerprint density at radius 1 is 0.794 bits per heavy atom. The summed E-state index contributed by atoms with van der Waals surface area (Å²) in [5.41, 5.74) is 4.07. The van der Waals surface area contributed by atoms with Crippen LogP contribution in [-0.4, -0.2) is 23.2 Å². The Morgan fingerprint density at radius 3 is 2.24 bits per heavy atom. The van der Waals surface area contributed by atoms with Gasteiger partial charge in [0.05, 0.1) is 18.2 Å². The number of carbonyl (C=O) groups excluding carboxylic acids is 2. The van der Waals surface area contributed by atoms with E-state index in [1.807, 2.05) is 85.1 Å². The maximum Gasteiger partial charge on any atom is 0.258 e. The average Bonchev–Trinajstić information content (AvgIpc) is 3.25. The molecule has 0 unspecified atom stereocenters. The molecular formula is C29H22N2O3. The molecule has 1 amide bonds. The zero-order chi connectivity index (χ0) is 23.5. The highest BCUT2D eigenvalue weighted by molar-refractivity contribution is 6.21. The highest BCUT2D eigenvalue weighted by Crippen LogP contribution is 2.35. The molecule has 0 spiro atoms. The summed E-state index contributed by atoms with van der Waals surface area (Å²) in [6.45, 7) is 0. The highest BCUT2D eigenvalue weighted by Gasteiger charge is 2.28. The summed E-state index contributed by atoms with van der Waals surface area (Å²) >= 11 is 0. The number of hydrogen-bond acceptors (Lipinski definition) is 3. The lowest BCUT2D eigenvalue weighted by Crippen LogP contribution is -2.13. The van der Waals surface area contributed by atoms with Crippen LogP contribution in [0.3, 0.4) is 0 Å². The number of carbonyl (C=O) groups is 2. The molecule has 166 valence electrons. The quantitative estimate of drug-likeness (QED) is 0.321. The van der Waals surface area contributed by atoms with Gasteiger partial charge in [-0.05, 0) is 42.0 Å². The van der Waals surface area contributed by atoms with Crippen molar-refractivity contribution in [2.45, 2.75) is 0 Å². The summed E-state index contributed by atoms with van der Waals surface area (Å²) in [4.78, 5) is 27.5. The molecule has 5 nitrogen and oxygen atoms in total. The summed E-state index contributed by atoms with van der Waals surface area (Å²) in [5, 5.41) is 2.99. The lowest BCUT2D eigenvalue weighted by atomic mass is 9.96. The molecule has 0 saturated heterocycles. The van der Waals surface area contributed by atoms with Crippen LogP contribution in [0.5, 0.6) is 5.75 Å². The molecule has 5 rings (SSSR count). The van der Waals surface area contributed by atoms with E-state index in [1.165, 1.54) is 0 Å². The van der Waals surface area contributed by atoms with Crippen molar-refractivity contribution in [2.75, 3.05) is 12.4 Å². The van der Waals surface area contributed by atoms with Crippen LogP contribution in [0.4, 0.5) is 5.69 Å². The Morgan fingerprint density at radius 2 is 1.50 bits per heavy atom. The molecular weight excluding hydrogens is 424 g/mol. The van der Waals surface area contributed by atoms with Gasteiger partial charge in [0.1, 0.15) is 11.4 Å². The molecule has 5 heteroatoms. The number of rotatable bonds is 6. The lowest BCUT2D eigenvalue weighted by molar-refractivity contribution is 0.102. The first-order valence-electron chi connectivity index (χ1n) is 10.9.